The number of carbonyl (C=O) groups excluding carboxylic acids is 2. The zero-order chi connectivity index (χ0) is 21.9. The van der Waals surface area contributed by atoms with E-state index in [1.807, 2.05) is 13.8 Å². The number of benzene rings is 2. The van der Waals surface area contributed by atoms with Gasteiger partial charge in [0.15, 0.2) is 11.5 Å². The number of hydrogen-bond donors (Lipinski definition) is 2. The highest BCUT2D eigenvalue weighted by molar-refractivity contribution is 5.93. The van der Waals surface area contributed by atoms with Crippen molar-refractivity contribution in [1.29, 1.82) is 0 Å². The van der Waals surface area contributed by atoms with Gasteiger partial charge in [0.2, 0.25) is 11.8 Å². The number of halogens is 1. The van der Waals surface area contributed by atoms with Crippen LogP contribution in [0.2, 0.25) is 0 Å². The van der Waals surface area contributed by atoms with Gasteiger partial charge in [0.25, 0.3) is 0 Å². The molecular weight excluding hydrogens is 389 g/mol. The van der Waals surface area contributed by atoms with Gasteiger partial charge in [-0.05, 0) is 45.2 Å². The lowest BCUT2D eigenvalue weighted by Crippen LogP contribution is -2.32. The number of anilines is 2. The quantitative estimate of drug-likeness (QED) is 0.585. The maximum absolute atomic E-state index is 13.6. The molecule has 162 valence electrons. The third-order valence-electron chi connectivity index (χ3n) is 4.11. The number of hydrogen-bond acceptors (Lipinski definition) is 5. The SMILES string of the molecule is CCOc1ccc(NC(=O)CN(C)CCC(=O)Nc2ccccc2F)cc1OCC. The van der Waals surface area contributed by atoms with Crippen molar-refractivity contribution in [2.24, 2.45) is 0 Å². The molecule has 0 saturated heterocycles. The molecule has 0 unspecified atom stereocenters. The number of amides is 2. The number of nitrogens with zero attached hydrogens (tertiary/aromatic N) is 1. The maximum atomic E-state index is 13.6. The van der Waals surface area contributed by atoms with Gasteiger partial charge in [0.05, 0.1) is 25.4 Å². The van der Waals surface area contributed by atoms with E-state index in [-0.39, 0.29) is 30.5 Å². The monoisotopic (exact) mass is 417 g/mol. The molecule has 0 heterocycles. The van der Waals surface area contributed by atoms with Crippen molar-refractivity contribution in [2.75, 3.05) is 44.0 Å². The zero-order valence-electron chi connectivity index (χ0n) is 17.5. The molecule has 0 aliphatic heterocycles. The molecule has 0 aliphatic rings. The minimum absolute atomic E-state index is 0.101. The van der Waals surface area contributed by atoms with E-state index < -0.39 is 5.82 Å². The largest absolute Gasteiger partial charge is 0.490 e. The van der Waals surface area contributed by atoms with Gasteiger partial charge in [-0.15, -0.1) is 0 Å². The van der Waals surface area contributed by atoms with Crippen LogP contribution in [0, 0.1) is 5.82 Å². The highest BCUT2D eigenvalue weighted by atomic mass is 19.1. The lowest BCUT2D eigenvalue weighted by Gasteiger charge is -2.17. The number of likely N-dealkylation sites (N-methyl/N-ethyl adjacent to an activating group) is 1. The van der Waals surface area contributed by atoms with Crippen molar-refractivity contribution >= 4 is 23.2 Å². The normalized spacial score (nSPS) is 10.6. The number of carbonyl (C=O) groups is 2. The second-order valence-electron chi connectivity index (χ2n) is 6.59. The first kappa shape index (κ1) is 23.2. The Morgan fingerprint density at radius 3 is 2.37 bits per heavy atom. The molecule has 2 N–H and O–H groups in total. The second-order valence-corrected chi connectivity index (χ2v) is 6.59. The van der Waals surface area contributed by atoms with Gasteiger partial charge >= 0.3 is 0 Å². The summed E-state index contributed by atoms with van der Waals surface area (Å²) in [6.45, 7) is 5.21. The van der Waals surface area contributed by atoms with Gasteiger partial charge in [0, 0.05) is 24.7 Å². The first-order valence-corrected chi connectivity index (χ1v) is 9.85. The van der Waals surface area contributed by atoms with E-state index in [1.165, 1.54) is 12.1 Å². The van der Waals surface area contributed by atoms with Crippen molar-refractivity contribution in [2.45, 2.75) is 20.3 Å². The van der Waals surface area contributed by atoms with Crippen LogP contribution in [0.5, 0.6) is 11.5 Å². The van der Waals surface area contributed by atoms with Crippen LogP contribution in [0.25, 0.3) is 0 Å². The summed E-state index contributed by atoms with van der Waals surface area (Å²) < 4.78 is 24.6. The Kier molecular flexibility index (Phi) is 9.08. The van der Waals surface area contributed by atoms with Gasteiger partial charge in [-0.25, -0.2) is 4.39 Å². The molecule has 0 fully saturated rings. The molecule has 8 heteroatoms. The van der Waals surface area contributed by atoms with E-state index in [9.17, 15) is 14.0 Å². The summed E-state index contributed by atoms with van der Waals surface area (Å²) in [5.41, 5.74) is 0.737. The summed E-state index contributed by atoms with van der Waals surface area (Å²) in [6.07, 6.45) is 0.135. The van der Waals surface area contributed by atoms with Crippen molar-refractivity contribution < 1.29 is 23.5 Å². The van der Waals surface area contributed by atoms with E-state index in [0.29, 0.717) is 36.9 Å². The summed E-state index contributed by atoms with van der Waals surface area (Å²) >= 11 is 0. The molecule has 0 bridgehead atoms. The highest BCUT2D eigenvalue weighted by Crippen LogP contribution is 2.30. The van der Waals surface area contributed by atoms with Crippen LogP contribution in [0.4, 0.5) is 15.8 Å². The summed E-state index contributed by atoms with van der Waals surface area (Å²) in [4.78, 5) is 26.0. The number of rotatable bonds is 11. The molecule has 0 spiro atoms. The average Bonchev–Trinajstić information content (AvgIpc) is 2.70. The number of nitrogens with one attached hydrogen (secondary N) is 2. The van der Waals surface area contributed by atoms with Crippen LogP contribution in [-0.4, -0.2) is 50.1 Å². The predicted octanol–water partition coefficient (Wildman–Crippen LogP) is 3.52. The van der Waals surface area contributed by atoms with Crippen molar-refractivity contribution in [3.05, 3.63) is 48.3 Å². The van der Waals surface area contributed by atoms with Crippen LogP contribution in [-0.2, 0) is 9.59 Å². The van der Waals surface area contributed by atoms with Crippen molar-refractivity contribution in [3.63, 3.8) is 0 Å². The van der Waals surface area contributed by atoms with Gasteiger partial charge in [-0.3, -0.25) is 14.5 Å². The number of para-hydroxylation sites is 1. The van der Waals surface area contributed by atoms with Crippen molar-refractivity contribution in [3.8, 4) is 11.5 Å². The first-order chi connectivity index (χ1) is 14.4. The Morgan fingerprint density at radius 1 is 0.967 bits per heavy atom. The molecule has 2 aromatic carbocycles. The lowest BCUT2D eigenvalue weighted by molar-refractivity contribution is -0.119. The van der Waals surface area contributed by atoms with Gasteiger partial charge in [-0.1, -0.05) is 12.1 Å². The molecule has 0 aromatic heterocycles. The van der Waals surface area contributed by atoms with E-state index in [2.05, 4.69) is 10.6 Å². The third kappa shape index (κ3) is 7.36. The van der Waals surface area contributed by atoms with Crippen LogP contribution in [0.15, 0.2) is 42.5 Å². The second kappa shape index (κ2) is 11.8. The predicted molar refractivity (Wildman–Crippen MR) is 115 cm³/mol. The van der Waals surface area contributed by atoms with Gasteiger partial charge in [0.1, 0.15) is 5.82 Å². The Bertz CT molecular complexity index is 860. The fourth-order valence-electron chi connectivity index (χ4n) is 2.72. The highest BCUT2D eigenvalue weighted by Gasteiger charge is 2.12. The Labute approximate surface area is 176 Å². The average molecular weight is 417 g/mol. The maximum Gasteiger partial charge on any atom is 0.238 e. The molecule has 0 atom stereocenters. The molecule has 0 radical (unpaired) electrons. The molecule has 2 amide bonds. The van der Waals surface area contributed by atoms with E-state index in [0.717, 1.165) is 0 Å². The molecule has 0 saturated carbocycles. The van der Waals surface area contributed by atoms with Crippen LogP contribution in [0.3, 0.4) is 0 Å². The lowest BCUT2D eigenvalue weighted by atomic mass is 10.2. The molecule has 7 nitrogen and oxygen atoms in total. The first-order valence-electron chi connectivity index (χ1n) is 9.85. The molecular formula is C22H28FN3O4. The Hall–Kier alpha value is -3.13. The third-order valence-corrected chi connectivity index (χ3v) is 4.11. The molecule has 0 aliphatic carbocycles. The summed E-state index contributed by atoms with van der Waals surface area (Å²) in [6, 6.07) is 11.2. The standard InChI is InChI=1S/C22H28FN3O4/c1-4-29-19-11-10-16(14-20(19)30-5-2)24-22(28)15-26(3)13-12-21(27)25-18-9-7-6-8-17(18)23/h6-11,14H,4-5,12-13,15H2,1-3H3,(H,24,28)(H,25,27). The van der Waals surface area contributed by atoms with Crippen molar-refractivity contribution in [1.82, 2.24) is 4.90 Å². The summed E-state index contributed by atoms with van der Waals surface area (Å²) in [5.74, 6) is 0.157. The molecule has 30 heavy (non-hydrogen) atoms. The van der Waals surface area contributed by atoms with Crippen LogP contribution in [0.1, 0.15) is 20.3 Å². The fraction of sp³-hybridized carbons (Fsp3) is 0.364. The van der Waals surface area contributed by atoms with Gasteiger partial charge < -0.3 is 20.1 Å². The molecule has 2 rings (SSSR count). The number of ether oxygens (including phenoxy) is 2. The Morgan fingerprint density at radius 2 is 1.67 bits per heavy atom. The minimum atomic E-state index is -0.486. The van der Waals surface area contributed by atoms with Crippen LogP contribution >= 0.6 is 0 Å². The van der Waals surface area contributed by atoms with E-state index >= 15 is 0 Å². The summed E-state index contributed by atoms with van der Waals surface area (Å²) in [5, 5.41) is 5.34. The fourth-order valence-corrected chi connectivity index (χ4v) is 2.72. The minimum Gasteiger partial charge on any atom is -0.490 e. The smallest absolute Gasteiger partial charge is 0.238 e. The van der Waals surface area contributed by atoms with Gasteiger partial charge in [-0.2, -0.15) is 0 Å². The van der Waals surface area contributed by atoms with E-state index in [1.54, 1.807) is 42.3 Å². The van der Waals surface area contributed by atoms with E-state index in [4.69, 9.17) is 9.47 Å². The Balaban J connectivity index is 1.82. The summed E-state index contributed by atoms with van der Waals surface area (Å²) in [7, 11) is 1.74. The van der Waals surface area contributed by atoms with Crippen LogP contribution < -0.4 is 20.1 Å². The topological polar surface area (TPSA) is 79.9 Å². The zero-order valence-corrected chi connectivity index (χ0v) is 17.5. The molecule has 2 aromatic rings.